The van der Waals surface area contributed by atoms with E-state index in [-0.39, 0.29) is 12.1 Å². The number of benzene rings is 1. The molecule has 1 aromatic carbocycles. The Morgan fingerprint density at radius 3 is 2.95 bits per heavy atom. The van der Waals surface area contributed by atoms with Crippen molar-refractivity contribution >= 4 is 6.03 Å². The molecule has 0 bridgehead atoms. The molecule has 0 saturated heterocycles. The van der Waals surface area contributed by atoms with E-state index >= 15 is 0 Å². The van der Waals surface area contributed by atoms with Crippen LogP contribution in [0.4, 0.5) is 4.79 Å². The molecule has 1 saturated carbocycles. The first-order valence-electron chi connectivity index (χ1n) is 8.06. The molecule has 1 aromatic rings. The Kier molecular flexibility index (Phi) is 4.52. The van der Waals surface area contributed by atoms with Crippen LogP contribution in [0.15, 0.2) is 24.3 Å². The van der Waals surface area contributed by atoms with Gasteiger partial charge in [0.05, 0.1) is 18.8 Å². The molecule has 0 spiro atoms. The Labute approximate surface area is 131 Å². The smallest absolute Gasteiger partial charge is 0.317 e. The minimum atomic E-state index is -0.402. The standard InChI is InChI=1S/C17H24N2O3/c1-19(11-15(20)12-8-9-12)17(21)18-14-6-4-10-22-16-7-3-2-5-13(14)16/h2-3,5,7,12,14-15,20H,4,6,8-11H2,1H3,(H,18,21). The average molecular weight is 304 g/mol. The zero-order valence-corrected chi connectivity index (χ0v) is 13.0. The molecule has 2 atom stereocenters. The van der Waals surface area contributed by atoms with Gasteiger partial charge in [-0.2, -0.15) is 0 Å². The van der Waals surface area contributed by atoms with E-state index in [9.17, 15) is 9.90 Å². The SMILES string of the molecule is CN(CC(O)C1CC1)C(=O)NC1CCCOc2ccccc21. The van der Waals surface area contributed by atoms with E-state index < -0.39 is 6.10 Å². The van der Waals surface area contributed by atoms with Gasteiger partial charge >= 0.3 is 6.03 Å². The lowest BCUT2D eigenvalue weighted by Crippen LogP contribution is -2.43. The molecule has 2 N–H and O–H groups in total. The van der Waals surface area contributed by atoms with Crippen molar-refractivity contribution in [2.75, 3.05) is 20.2 Å². The molecule has 1 fully saturated rings. The van der Waals surface area contributed by atoms with Crippen molar-refractivity contribution in [2.24, 2.45) is 5.92 Å². The van der Waals surface area contributed by atoms with E-state index in [2.05, 4.69) is 5.32 Å². The summed E-state index contributed by atoms with van der Waals surface area (Å²) in [5, 5.41) is 13.1. The van der Waals surface area contributed by atoms with Crippen LogP contribution in [0, 0.1) is 5.92 Å². The quantitative estimate of drug-likeness (QED) is 0.897. The second kappa shape index (κ2) is 6.57. The molecule has 1 heterocycles. The summed E-state index contributed by atoms with van der Waals surface area (Å²) in [6, 6.07) is 7.69. The molecule has 5 nitrogen and oxygen atoms in total. The lowest BCUT2D eigenvalue weighted by atomic mass is 10.0. The number of likely N-dealkylation sites (N-methyl/N-ethyl adjacent to an activating group) is 1. The largest absolute Gasteiger partial charge is 0.493 e. The van der Waals surface area contributed by atoms with Gasteiger partial charge in [-0.1, -0.05) is 18.2 Å². The first-order valence-corrected chi connectivity index (χ1v) is 8.06. The molecule has 3 rings (SSSR count). The summed E-state index contributed by atoms with van der Waals surface area (Å²) in [6.45, 7) is 1.07. The van der Waals surface area contributed by atoms with Crippen molar-refractivity contribution in [2.45, 2.75) is 37.8 Å². The fourth-order valence-electron chi connectivity index (χ4n) is 2.93. The average Bonchev–Trinajstić information content (AvgIpc) is 3.35. The van der Waals surface area contributed by atoms with Crippen LogP contribution < -0.4 is 10.1 Å². The number of nitrogens with one attached hydrogen (secondary N) is 1. The maximum Gasteiger partial charge on any atom is 0.317 e. The molecule has 0 radical (unpaired) electrons. The Morgan fingerprint density at radius 1 is 1.41 bits per heavy atom. The lowest BCUT2D eigenvalue weighted by Gasteiger charge is -2.25. The van der Waals surface area contributed by atoms with Crippen LogP contribution >= 0.6 is 0 Å². The second-order valence-corrected chi connectivity index (χ2v) is 6.32. The maximum atomic E-state index is 12.4. The number of hydrogen-bond donors (Lipinski definition) is 2. The first-order chi connectivity index (χ1) is 10.6. The zero-order chi connectivity index (χ0) is 15.5. The van der Waals surface area contributed by atoms with Gasteiger partial charge in [0.25, 0.3) is 0 Å². The van der Waals surface area contributed by atoms with Gasteiger partial charge in [0.1, 0.15) is 5.75 Å². The number of hydrogen-bond acceptors (Lipinski definition) is 3. The number of ether oxygens (including phenoxy) is 1. The zero-order valence-electron chi connectivity index (χ0n) is 13.0. The fourth-order valence-corrected chi connectivity index (χ4v) is 2.93. The third-order valence-electron chi connectivity index (χ3n) is 4.46. The van der Waals surface area contributed by atoms with Gasteiger partial charge < -0.3 is 20.1 Å². The number of aliphatic hydroxyl groups excluding tert-OH is 1. The molecular weight excluding hydrogens is 280 g/mol. The highest BCUT2D eigenvalue weighted by Gasteiger charge is 2.31. The van der Waals surface area contributed by atoms with Crippen molar-refractivity contribution < 1.29 is 14.6 Å². The van der Waals surface area contributed by atoms with Crippen LogP contribution in [0.3, 0.4) is 0 Å². The number of fused-ring (bicyclic) bond motifs is 1. The third-order valence-corrected chi connectivity index (χ3v) is 4.46. The van der Waals surface area contributed by atoms with Crippen molar-refractivity contribution in [1.29, 1.82) is 0 Å². The van der Waals surface area contributed by atoms with Crippen molar-refractivity contribution in [3.8, 4) is 5.75 Å². The summed E-state index contributed by atoms with van der Waals surface area (Å²) in [5.41, 5.74) is 1.03. The summed E-state index contributed by atoms with van der Waals surface area (Å²) in [6.07, 6.45) is 3.52. The molecule has 1 aliphatic carbocycles. The lowest BCUT2D eigenvalue weighted by molar-refractivity contribution is 0.112. The van der Waals surface area contributed by atoms with E-state index in [4.69, 9.17) is 4.74 Å². The minimum absolute atomic E-state index is 0.0354. The van der Waals surface area contributed by atoms with E-state index in [1.54, 1.807) is 11.9 Å². The number of carbonyl (C=O) groups is 1. The number of rotatable bonds is 4. The number of aliphatic hydroxyl groups is 1. The second-order valence-electron chi connectivity index (χ2n) is 6.32. The molecule has 0 aromatic heterocycles. The van der Waals surface area contributed by atoms with E-state index in [1.807, 2.05) is 24.3 Å². The van der Waals surface area contributed by atoms with E-state index in [0.717, 1.165) is 37.0 Å². The van der Waals surface area contributed by atoms with Crippen LogP contribution in [0.25, 0.3) is 0 Å². The van der Waals surface area contributed by atoms with Crippen LogP contribution in [-0.4, -0.2) is 42.3 Å². The predicted octanol–water partition coefficient (Wildman–Crippen LogP) is 2.31. The summed E-state index contributed by atoms with van der Waals surface area (Å²) < 4.78 is 5.72. The molecule has 5 heteroatoms. The third kappa shape index (κ3) is 3.53. The number of para-hydroxylation sites is 1. The summed E-state index contributed by atoms with van der Waals surface area (Å²) in [7, 11) is 1.74. The van der Waals surface area contributed by atoms with E-state index in [1.165, 1.54) is 0 Å². The van der Waals surface area contributed by atoms with Gasteiger partial charge in [0.2, 0.25) is 0 Å². The maximum absolute atomic E-state index is 12.4. The first kappa shape index (κ1) is 15.2. The van der Waals surface area contributed by atoms with Crippen LogP contribution in [0.1, 0.15) is 37.3 Å². The number of nitrogens with zero attached hydrogens (tertiary/aromatic N) is 1. The van der Waals surface area contributed by atoms with Crippen molar-refractivity contribution in [1.82, 2.24) is 10.2 Å². The number of urea groups is 1. The Balaban J connectivity index is 1.62. The van der Waals surface area contributed by atoms with Gasteiger partial charge in [0.15, 0.2) is 0 Å². The van der Waals surface area contributed by atoms with Crippen LogP contribution in [0.2, 0.25) is 0 Å². The van der Waals surface area contributed by atoms with Crippen LogP contribution in [0.5, 0.6) is 5.75 Å². The monoisotopic (exact) mass is 304 g/mol. The highest BCUT2D eigenvalue weighted by molar-refractivity contribution is 5.74. The van der Waals surface area contributed by atoms with E-state index in [0.29, 0.717) is 19.1 Å². The van der Waals surface area contributed by atoms with Gasteiger partial charge in [-0.25, -0.2) is 4.79 Å². The highest BCUT2D eigenvalue weighted by Crippen LogP contribution is 2.33. The number of amides is 2. The van der Waals surface area contributed by atoms with Gasteiger partial charge in [-0.3, -0.25) is 0 Å². The van der Waals surface area contributed by atoms with Gasteiger partial charge in [-0.05, 0) is 37.7 Å². The molecule has 2 unspecified atom stereocenters. The molecule has 1 aliphatic heterocycles. The van der Waals surface area contributed by atoms with Gasteiger partial charge in [0, 0.05) is 19.2 Å². The number of carbonyl (C=O) groups excluding carboxylic acids is 1. The fraction of sp³-hybridized carbons (Fsp3) is 0.588. The highest BCUT2D eigenvalue weighted by atomic mass is 16.5. The summed E-state index contributed by atoms with van der Waals surface area (Å²) in [5.74, 6) is 1.23. The van der Waals surface area contributed by atoms with Crippen molar-refractivity contribution in [3.05, 3.63) is 29.8 Å². The predicted molar refractivity (Wildman–Crippen MR) is 83.8 cm³/mol. The Hall–Kier alpha value is -1.75. The topological polar surface area (TPSA) is 61.8 Å². The minimum Gasteiger partial charge on any atom is -0.493 e. The normalized spacial score (nSPS) is 22.0. The molecule has 2 amide bonds. The van der Waals surface area contributed by atoms with Crippen LogP contribution in [-0.2, 0) is 0 Å². The summed E-state index contributed by atoms with van der Waals surface area (Å²) in [4.78, 5) is 14.0. The van der Waals surface area contributed by atoms with Gasteiger partial charge in [-0.15, -0.1) is 0 Å². The Bertz CT molecular complexity index is 530. The molecule has 2 aliphatic rings. The molecule has 22 heavy (non-hydrogen) atoms. The molecule has 120 valence electrons. The molecular formula is C17H24N2O3. The Morgan fingerprint density at radius 2 is 2.18 bits per heavy atom. The van der Waals surface area contributed by atoms with Crippen molar-refractivity contribution in [3.63, 3.8) is 0 Å². The summed E-state index contributed by atoms with van der Waals surface area (Å²) >= 11 is 0.